The van der Waals surface area contributed by atoms with E-state index >= 15 is 0 Å². The zero-order valence-corrected chi connectivity index (χ0v) is 9.34. The van der Waals surface area contributed by atoms with Gasteiger partial charge in [0.05, 0.1) is 13.2 Å². The van der Waals surface area contributed by atoms with Crippen molar-refractivity contribution in [2.75, 3.05) is 19.7 Å². The molecule has 4 heteroatoms. The Balaban J connectivity index is 3.63. The van der Waals surface area contributed by atoms with Gasteiger partial charge in [-0.25, -0.2) is 0 Å². The van der Waals surface area contributed by atoms with Crippen LogP contribution in [0.1, 0.15) is 27.2 Å². The highest BCUT2D eigenvalue weighted by molar-refractivity contribution is 5.77. The highest BCUT2D eigenvalue weighted by atomic mass is 16.3. The van der Waals surface area contributed by atoms with Crippen LogP contribution in [0.3, 0.4) is 0 Å². The summed E-state index contributed by atoms with van der Waals surface area (Å²) >= 11 is 0. The zero-order chi connectivity index (χ0) is 11.0. The second-order valence-electron chi connectivity index (χ2n) is 3.76. The SMILES string of the molecule is CCCNC(=O)CNC(CO)C(C)C. The van der Waals surface area contributed by atoms with Crippen LogP contribution in [-0.2, 0) is 4.79 Å². The van der Waals surface area contributed by atoms with Gasteiger partial charge in [0.2, 0.25) is 5.91 Å². The van der Waals surface area contributed by atoms with Gasteiger partial charge in [-0.15, -0.1) is 0 Å². The van der Waals surface area contributed by atoms with E-state index in [4.69, 9.17) is 5.11 Å². The topological polar surface area (TPSA) is 61.4 Å². The molecule has 0 saturated heterocycles. The molecular formula is C10H22N2O2. The highest BCUT2D eigenvalue weighted by Crippen LogP contribution is 1.99. The van der Waals surface area contributed by atoms with Gasteiger partial charge in [0.25, 0.3) is 0 Å². The van der Waals surface area contributed by atoms with Gasteiger partial charge >= 0.3 is 0 Å². The molecule has 0 fully saturated rings. The smallest absolute Gasteiger partial charge is 0.233 e. The second kappa shape index (κ2) is 7.76. The molecule has 0 heterocycles. The van der Waals surface area contributed by atoms with Crippen molar-refractivity contribution in [1.29, 1.82) is 0 Å². The molecule has 84 valence electrons. The summed E-state index contributed by atoms with van der Waals surface area (Å²) < 4.78 is 0. The molecule has 0 aliphatic carbocycles. The lowest BCUT2D eigenvalue weighted by atomic mass is 10.1. The Bertz CT molecular complexity index is 160. The lowest BCUT2D eigenvalue weighted by Gasteiger charge is -2.19. The third kappa shape index (κ3) is 5.94. The first-order valence-corrected chi connectivity index (χ1v) is 5.22. The Morgan fingerprint density at radius 2 is 2.07 bits per heavy atom. The molecule has 0 aliphatic rings. The summed E-state index contributed by atoms with van der Waals surface area (Å²) in [5.74, 6) is 0.324. The second-order valence-corrected chi connectivity index (χ2v) is 3.76. The first-order chi connectivity index (χ1) is 6.61. The van der Waals surface area contributed by atoms with Crippen molar-refractivity contribution in [3.8, 4) is 0 Å². The minimum Gasteiger partial charge on any atom is -0.395 e. The molecule has 0 radical (unpaired) electrons. The Morgan fingerprint density at radius 3 is 2.50 bits per heavy atom. The van der Waals surface area contributed by atoms with E-state index < -0.39 is 0 Å². The van der Waals surface area contributed by atoms with Crippen molar-refractivity contribution < 1.29 is 9.90 Å². The summed E-state index contributed by atoms with van der Waals surface area (Å²) in [6.07, 6.45) is 0.944. The van der Waals surface area contributed by atoms with E-state index in [-0.39, 0.29) is 25.1 Å². The fraction of sp³-hybridized carbons (Fsp3) is 0.900. The van der Waals surface area contributed by atoms with E-state index in [0.717, 1.165) is 6.42 Å². The van der Waals surface area contributed by atoms with E-state index in [0.29, 0.717) is 12.5 Å². The monoisotopic (exact) mass is 202 g/mol. The molecule has 0 aromatic heterocycles. The Hall–Kier alpha value is -0.610. The zero-order valence-electron chi connectivity index (χ0n) is 9.34. The lowest BCUT2D eigenvalue weighted by Crippen LogP contribution is -2.43. The Labute approximate surface area is 86.1 Å². The van der Waals surface area contributed by atoms with Crippen LogP contribution in [0, 0.1) is 5.92 Å². The van der Waals surface area contributed by atoms with Gasteiger partial charge in [-0.2, -0.15) is 0 Å². The highest BCUT2D eigenvalue weighted by Gasteiger charge is 2.12. The number of rotatable bonds is 7. The molecule has 1 unspecified atom stereocenters. The third-order valence-electron chi connectivity index (χ3n) is 2.10. The van der Waals surface area contributed by atoms with Crippen LogP contribution in [-0.4, -0.2) is 36.8 Å². The summed E-state index contributed by atoms with van der Waals surface area (Å²) in [4.78, 5) is 11.2. The summed E-state index contributed by atoms with van der Waals surface area (Å²) in [6.45, 7) is 7.10. The maximum absolute atomic E-state index is 11.2. The molecule has 0 aromatic rings. The number of hydrogen-bond donors (Lipinski definition) is 3. The molecule has 0 bridgehead atoms. The Morgan fingerprint density at radius 1 is 1.43 bits per heavy atom. The van der Waals surface area contributed by atoms with E-state index in [1.54, 1.807) is 0 Å². The molecule has 0 rings (SSSR count). The van der Waals surface area contributed by atoms with E-state index in [9.17, 15) is 4.79 Å². The van der Waals surface area contributed by atoms with Crippen LogP contribution >= 0.6 is 0 Å². The van der Waals surface area contributed by atoms with Gasteiger partial charge in [0.15, 0.2) is 0 Å². The van der Waals surface area contributed by atoms with Crippen molar-refractivity contribution in [1.82, 2.24) is 10.6 Å². The van der Waals surface area contributed by atoms with Gasteiger partial charge < -0.3 is 15.7 Å². The van der Waals surface area contributed by atoms with Gasteiger partial charge in [-0.1, -0.05) is 20.8 Å². The van der Waals surface area contributed by atoms with Crippen LogP contribution < -0.4 is 10.6 Å². The first kappa shape index (κ1) is 13.4. The lowest BCUT2D eigenvalue weighted by molar-refractivity contribution is -0.120. The van der Waals surface area contributed by atoms with Crippen molar-refractivity contribution >= 4 is 5.91 Å². The van der Waals surface area contributed by atoms with E-state index in [1.807, 2.05) is 20.8 Å². The third-order valence-corrected chi connectivity index (χ3v) is 2.10. The van der Waals surface area contributed by atoms with Gasteiger partial charge in [0.1, 0.15) is 0 Å². The molecule has 0 spiro atoms. The maximum Gasteiger partial charge on any atom is 0.233 e. The quantitative estimate of drug-likeness (QED) is 0.549. The fourth-order valence-corrected chi connectivity index (χ4v) is 1.06. The van der Waals surface area contributed by atoms with Crippen molar-refractivity contribution in [2.24, 2.45) is 5.92 Å². The number of aliphatic hydroxyl groups excluding tert-OH is 1. The number of carbonyl (C=O) groups excluding carboxylic acids is 1. The first-order valence-electron chi connectivity index (χ1n) is 5.22. The summed E-state index contributed by atoms with van der Waals surface area (Å²) in [5, 5.41) is 14.8. The number of nitrogens with one attached hydrogen (secondary N) is 2. The summed E-state index contributed by atoms with van der Waals surface area (Å²) in [6, 6.07) is 0.00220. The molecule has 4 nitrogen and oxygen atoms in total. The Kier molecular flexibility index (Phi) is 7.42. The largest absolute Gasteiger partial charge is 0.395 e. The number of amides is 1. The minimum absolute atomic E-state index is 0.00220. The fourth-order valence-electron chi connectivity index (χ4n) is 1.06. The predicted molar refractivity (Wildman–Crippen MR) is 57.0 cm³/mol. The molecule has 0 aliphatic heterocycles. The minimum atomic E-state index is -0.00838. The molecule has 1 atom stereocenters. The number of hydrogen-bond acceptors (Lipinski definition) is 3. The van der Waals surface area contributed by atoms with Crippen molar-refractivity contribution in [3.63, 3.8) is 0 Å². The van der Waals surface area contributed by atoms with Gasteiger partial charge in [-0.3, -0.25) is 4.79 Å². The van der Waals surface area contributed by atoms with Crippen LogP contribution in [0.25, 0.3) is 0 Å². The van der Waals surface area contributed by atoms with Gasteiger partial charge in [0, 0.05) is 12.6 Å². The summed E-state index contributed by atoms with van der Waals surface area (Å²) in [5.41, 5.74) is 0. The maximum atomic E-state index is 11.2. The van der Waals surface area contributed by atoms with Crippen molar-refractivity contribution in [3.05, 3.63) is 0 Å². The molecule has 0 aromatic carbocycles. The normalized spacial score (nSPS) is 12.9. The number of carbonyl (C=O) groups is 1. The van der Waals surface area contributed by atoms with Crippen LogP contribution in [0.4, 0.5) is 0 Å². The number of aliphatic hydroxyl groups is 1. The van der Waals surface area contributed by atoms with Crippen LogP contribution in [0.5, 0.6) is 0 Å². The predicted octanol–water partition coefficient (Wildman–Crippen LogP) is 0.119. The molecular weight excluding hydrogens is 180 g/mol. The average Bonchev–Trinajstić information content (AvgIpc) is 2.15. The summed E-state index contributed by atoms with van der Waals surface area (Å²) in [7, 11) is 0. The molecule has 1 amide bonds. The van der Waals surface area contributed by atoms with Crippen molar-refractivity contribution in [2.45, 2.75) is 33.2 Å². The standard InChI is InChI=1S/C10H22N2O2/c1-4-5-11-10(14)6-12-9(7-13)8(2)3/h8-9,12-13H,4-7H2,1-3H3,(H,11,14). The molecule has 3 N–H and O–H groups in total. The van der Waals surface area contributed by atoms with E-state index in [1.165, 1.54) is 0 Å². The van der Waals surface area contributed by atoms with Gasteiger partial charge in [-0.05, 0) is 12.3 Å². The van der Waals surface area contributed by atoms with Crippen LogP contribution in [0.2, 0.25) is 0 Å². The van der Waals surface area contributed by atoms with Crippen LogP contribution in [0.15, 0.2) is 0 Å². The molecule has 0 saturated carbocycles. The average molecular weight is 202 g/mol. The van der Waals surface area contributed by atoms with E-state index in [2.05, 4.69) is 10.6 Å². The molecule has 14 heavy (non-hydrogen) atoms.